The van der Waals surface area contributed by atoms with Crippen molar-refractivity contribution >= 4 is 22.9 Å². The molecule has 5 N–H and O–H groups in total. The molecule has 2 aromatic carbocycles. The van der Waals surface area contributed by atoms with Crippen LogP contribution in [-0.2, 0) is 0 Å². The predicted molar refractivity (Wildman–Crippen MR) is 96.5 cm³/mol. The third-order valence-corrected chi connectivity index (χ3v) is 3.83. The fourth-order valence-corrected chi connectivity index (χ4v) is 2.36. The van der Waals surface area contributed by atoms with E-state index in [1.165, 1.54) is 0 Å². The van der Waals surface area contributed by atoms with Crippen molar-refractivity contribution in [2.24, 2.45) is 4.99 Å². The first-order valence-corrected chi connectivity index (χ1v) is 8.18. The lowest BCUT2D eigenvalue weighted by atomic mass is 10.2. The second kappa shape index (κ2) is 8.60. The molecule has 11 nitrogen and oxygen atoms in total. The van der Waals surface area contributed by atoms with Gasteiger partial charge >= 0.3 is 0 Å². The summed E-state index contributed by atoms with van der Waals surface area (Å²) in [7, 11) is 0. The minimum absolute atomic E-state index is 0.0208. The summed E-state index contributed by atoms with van der Waals surface area (Å²) in [4.78, 5) is 26.2. The minimum atomic E-state index is -3.06. The molecule has 0 aliphatic heterocycles. The number of nitrogens with one attached hydrogen (secondary N) is 2. The number of hydrogen-bond acceptors (Lipinski definition) is 10. The Balaban J connectivity index is 1.71. The Kier molecular flexibility index (Phi) is 5.96. The van der Waals surface area contributed by atoms with Crippen LogP contribution >= 0.6 is 0 Å². The molecule has 0 atom stereocenters. The molecule has 3 aromatic rings. The Morgan fingerprint density at radius 1 is 1.30 bits per heavy atom. The molecule has 30 heavy (non-hydrogen) atoms. The van der Waals surface area contributed by atoms with Crippen LogP contribution < -0.4 is 32.1 Å². The van der Waals surface area contributed by atoms with E-state index in [0.29, 0.717) is 0 Å². The lowest BCUT2D eigenvalue weighted by Gasteiger charge is -2.10. The number of nitrogens with zero attached hydrogens (tertiary/aromatic N) is 3. The maximum Gasteiger partial charge on any atom is 0.287 e. The number of hydroxylamine groups is 1. The van der Waals surface area contributed by atoms with E-state index in [-0.39, 0.29) is 47.6 Å². The maximum atomic E-state index is 13.4. The van der Waals surface area contributed by atoms with Gasteiger partial charge in [-0.2, -0.15) is 0 Å². The predicted octanol–water partition coefficient (Wildman–Crippen LogP) is 0.872. The van der Waals surface area contributed by atoms with Crippen molar-refractivity contribution < 1.29 is 27.7 Å². The molecular weight excluding hydrogens is 413 g/mol. The largest absolute Gasteiger partial charge is 0.472 e. The quantitative estimate of drug-likeness (QED) is 0.133. The van der Waals surface area contributed by atoms with Gasteiger partial charge in [-0.25, -0.2) is 22.8 Å². The number of benzene rings is 1. The zero-order valence-corrected chi connectivity index (χ0v) is 14.9. The Morgan fingerprint density at radius 2 is 2.07 bits per heavy atom. The molecule has 0 fully saturated rings. The van der Waals surface area contributed by atoms with Crippen LogP contribution in [-0.4, -0.2) is 34.5 Å². The van der Waals surface area contributed by atoms with Crippen molar-refractivity contribution in [2.45, 2.75) is 6.43 Å². The summed E-state index contributed by atoms with van der Waals surface area (Å²) in [5, 5.41) is 18.9. The highest BCUT2D eigenvalue weighted by atomic mass is 19.3. The summed E-state index contributed by atoms with van der Waals surface area (Å²) in [5.41, 5.74) is 4.17. The molecule has 1 aromatic heterocycles. The van der Waals surface area contributed by atoms with Crippen molar-refractivity contribution in [3.05, 3.63) is 55.7 Å². The van der Waals surface area contributed by atoms with Gasteiger partial charge in [0, 0.05) is 6.54 Å². The van der Waals surface area contributed by atoms with Crippen molar-refractivity contribution in [3.8, 4) is 5.88 Å². The SMILES string of the molecule is Nc1c(NCCOc2nonc2C(=Nc2ccc(F)c(C(F)F)c2)NO)c(=O)c1=O. The minimum Gasteiger partial charge on any atom is -0.472 e. The van der Waals surface area contributed by atoms with E-state index in [1.807, 2.05) is 0 Å². The highest BCUT2D eigenvalue weighted by molar-refractivity contribution is 5.99. The maximum absolute atomic E-state index is 13.4. The summed E-state index contributed by atoms with van der Waals surface area (Å²) in [6.45, 7) is -0.0413. The van der Waals surface area contributed by atoms with Crippen LogP contribution in [0.4, 0.5) is 30.2 Å². The van der Waals surface area contributed by atoms with Crippen LogP contribution in [0.2, 0.25) is 0 Å². The molecule has 158 valence electrons. The number of nitrogen functional groups attached to an aromatic ring is 1. The van der Waals surface area contributed by atoms with Gasteiger partial charge in [0.1, 0.15) is 23.8 Å². The van der Waals surface area contributed by atoms with Crippen LogP contribution in [0.3, 0.4) is 0 Å². The van der Waals surface area contributed by atoms with Gasteiger partial charge < -0.3 is 15.8 Å². The van der Waals surface area contributed by atoms with Gasteiger partial charge in [0.2, 0.25) is 5.69 Å². The zero-order valence-electron chi connectivity index (χ0n) is 14.9. The standard InChI is InChI=1S/C16H13F3N6O5/c17-8-2-1-6(5-7(8)14(18)19)22-15(23-28)11-16(25-30-24-11)29-4-3-21-10-9(20)12(26)13(10)27/h1-2,5,14,21,28H,3-4,20H2,(H,22,23). The number of alkyl halides is 2. The van der Waals surface area contributed by atoms with Crippen molar-refractivity contribution in [3.63, 3.8) is 0 Å². The van der Waals surface area contributed by atoms with Crippen LogP contribution in [0.25, 0.3) is 0 Å². The average Bonchev–Trinajstić information content (AvgIpc) is 3.20. The molecule has 0 spiro atoms. The number of hydrogen-bond donors (Lipinski definition) is 4. The van der Waals surface area contributed by atoms with Crippen molar-refractivity contribution in [1.29, 1.82) is 0 Å². The lowest BCUT2D eigenvalue weighted by Crippen LogP contribution is -2.37. The number of ether oxygens (including phenoxy) is 1. The van der Waals surface area contributed by atoms with Crippen LogP contribution in [0.15, 0.2) is 37.4 Å². The Bertz CT molecular complexity index is 1150. The number of halogens is 3. The first-order chi connectivity index (χ1) is 14.3. The van der Waals surface area contributed by atoms with Crippen LogP contribution in [0.1, 0.15) is 17.7 Å². The molecule has 0 aliphatic carbocycles. The second-order valence-corrected chi connectivity index (χ2v) is 5.72. The zero-order chi connectivity index (χ0) is 21.8. The molecule has 3 rings (SSSR count). The molecule has 14 heteroatoms. The third-order valence-electron chi connectivity index (χ3n) is 3.83. The van der Waals surface area contributed by atoms with Gasteiger partial charge in [-0.15, -0.1) is 0 Å². The normalized spacial score (nSPS) is 11.8. The average molecular weight is 426 g/mol. The van der Waals surface area contributed by atoms with Gasteiger partial charge in [0.05, 0.1) is 11.3 Å². The van der Waals surface area contributed by atoms with Gasteiger partial charge in [-0.1, -0.05) is 0 Å². The Labute approximate surface area is 164 Å². The molecule has 1 heterocycles. The van der Waals surface area contributed by atoms with E-state index in [2.05, 4.69) is 25.3 Å². The van der Waals surface area contributed by atoms with Gasteiger partial charge in [0.15, 0.2) is 5.84 Å². The summed E-state index contributed by atoms with van der Waals surface area (Å²) in [6, 6.07) is 2.70. The number of nitrogens with two attached hydrogens (primary N) is 1. The van der Waals surface area contributed by atoms with Gasteiger partial charge in [-0.05, 0) is 28.5 Å². The highest BCUT2D eigenvalue weighted by Gasteiger charge is 2.20. The first-order valence-electron chi connectivity index (χ1n) is 8.18. The molecule has 0 aliphatic rings. The number of rotatable bonds is 8. The molecule has 0 bridgehead atoms. The van der Waals surface area contributed by atoms with Crippen LogP contribution in [0, 0.1) is 5.82 Å². The Hall–Kier alpha value is -3.94. The molecule has 0 saturated carbocycles. The van der Waals surface area contributed by atoms with Crippen molar-refractivity contribution in [1.82, 2.24) is 15.8 Å². The fraction of sp³-hybridized carbons (Fsp3) is 0.188. The fourth-order valence-electron chi connectivity index (χ4n) is 2.36. The summed E-state index contributed by atoms with van der Waals surface area (Å²) >= 11 is 0. The highest BCUT2D eigenvalue weighted by Crippen LogP contribution is 2.27. The second-order valence-electron chi connectivity index (χ2n) is 5.72. The molecule has 0 saturated heterocycles. The lowest BCUT2D eigenvalue weighted by molar-refractivity contribution is 0.146. The first kappa shape index (κ1) is 20.8. The number of amidine groups is 1. The number of anilines is 2. The monoisotopic (exact) mass is 426 g/mol. The van der Waals surface area contributed by atoms with E-state index in [9.17, 15) is 28.0 Å². The Morgan fingerprint density at radius 3 is 2.73 bits per heavy atom. The molecule has 0 unspecified atom stereocenters. The topological polar surface area (TPSA) is 165 Å². The van der Waals surface area contributed by atoms with E-state index < -0.39 is 28.7 Å². The van der Waals surface area contributed by atoms with E-state index in [0.717, 1.165) is 18.2 Å². The van der Waals surface area contributed by atoms with E-state index >= 15 is 0 Å². The number of aromatic nitrogens is 2. The summed E-state index contributed by atoms with van der Waals surface area (Å²) in [5.74, 6) is -1.71. The van der Waals surface area contributed by atoms with Gasteiger partial charge in [0.25, 0.3) is 23.2 Å². The van der Waals surface area contributed by atoms with Crippen LogP contribution in [0.5, 0.6) is 5.88 Å². The molecule has 0 radical (unpaired) electrons. The third kappa shape index (κ3) is 4.07. The molecular formula is C16H13F3N6O5. The summed E-state index contributed by atoms with van der Waals surface area (Å²) in [6.07, 6.45) is -3.06. The number of aliphatic imine (C=N–C) groups is 1. The van der Waals surface area contributed by atoms with E-state index in [1.54, 1.807) is 5.48 Å². The summed E-state index contributed by atoms with van der Waals surface area (Å²) < 4.78 is 48.9. The van der Waals surface area contributed by atoms with Crippen molar-refractivity contribution in [2.75, 3.05) is 24.2 Å². The molecule has 0 amide bonds. The smallest absolute Gasteiger partial charge is 0.287 e. The van der Waals surface area contributed by atoms with E-state index in [4.69, 9.17) is 10.5 Å². The van der Waals surface area contributed by atoms with Gasteiger partial charge in [-0.3, -0.25) is 20.3 Å².